The lowest BCUT2D eigenvalue weighted by Gasteiger charge is -2.26. The summed E-state index contributed by atoms with van der Waals surface area (Å²) < 4.78 is 5.87. The standard InChI is InChI=1S/C14H17NO/c1-15-9-13-14-11(6-7-16-13)8-10-4-2-3-5-12(10)14/h2-5,13,15H,6-9H2,1H3. The first kappa shape index (κ1) is 10.1. The topological polar surface area (TPSA) is 21.3 Å². The summed E-state index contributed by atoms with van der Waals surface area (Å²) in [7, 11) is 1.99. The minimum atomic E-state index is 0.248. The zero-order chi connectivity index (χ0) is 11.0. The highest BCUT2D eigenvalue weighted by molar-refractivity contribution is 5.79. The van der Waals surface area contributed by atoms with E-state index in [2.05, 4.69) is 29.6 Å². The first-order valence-corrected chi connectivity index (χ1v) is 5.96. The van der Waals surface area contributed by atoms with Gasteiger partial charge in [-0.3, -0.25) is 0 Å². The van der Waals surface area contributed by atoms with E-state index in [9.17, 15) is 0 Å². The van der Waals surface area contributed by atoms with Gasteiger partial charge in [-0.05, 0) is 36.6 Å². The van der Waals surface area contributed by atoms with E-state index in [1.165, 1.54) is 16.7 Å². The van der Waals surface area contributed by atoms with Crippen LogP contribution in [0.25, 0.3) is 5.57 Å². The molecular weight excluding hydrogens is 198 g/mol. The van der Waals surface area contributed by atoms with Crippen LogP contribution >= 0.6 is 0 Å². The largest absolute Gasteiger partial charge is 0.372 e. The first-order chi connectivity index (χ1) is 7.90. The second-order valence-corrected chi connectivity index (χ2v) is 4.52. The van der Waals surface area contributed by atoms with Gasteiger partial charge >= 0.3 is 0 Å². The summed E-state index contributed by atoms with van der Waals surface area (Å²) in [5.74, 6) is 0. The van der Waals surface area contributed by atoms with E-state index in [4.69, 9.17) is 4.74 Å². The van der Waals surface area contributed by atoms with Gasteiger partial charge in [0.1, 0.15) is 0 Å². The Morgan fingerprint density at radius 2 is 2.25 bits per heavy atom. The van der Waals surface area contributed by atoms with Crippen molar-refractivity contribution in [3.05, 3.63) is 41.0 Å². The van der Waals surface area contributed by atoms with E-state index >= 15 is 0 Å². The number of ether oxygens (including phenoxy) is 1. The molecule has 1 atom stereocenters. The minimum absolute atomic E-state index is 0.248. The molecular formula is C14H17NO. The van der Waals surface area contributed by atoms with Crippen LogP contribution in [0.2, 0.25) is 0 Å². The maximum Gasteiger partial charge on any atom is 0.0954 e. The molecule has 1 aromatic rings. The van der Waals surface area contributed by atoms with Crippen LogP contribution in [0, 0.1) is 0 Å². The number of likely N-dealkylation sites (N-methyl/N-ethyl adjacent to an activating group) is 1. The number of hydrogen-bond acceptors (Lipinski definition) is 2. The number of rotatable bonds is 2. The lowest BCUT2D eigenvalue weighted by atomic mass is 9.97. The van der Waals surface area contributed by atoms with Gasteiger partial charge in [0.15, 0.2) is 0 Å². The predicted octanol–water partition coefficient (Wildman–Crippen LogP) is 2.00. The molecule has 0 spiro atoms. The molecule has 0 saturated heterocycles. The monoisotopic (exact) mass is 215 g/mol. The average Bonchev–Trinajstić information content (AvgIpc) is 2.68. The molecule has 0 saturated carbocycles. The van der Waals surface area contributed by atoms with E-state index in [1.807, 2.05) is 7.05 Å². The van der Waals surface area contributed by atoms with Crippen LogP contribution in [0.15, 0.2) is 29.8 Å². The van der Waals surface area contributed by atoms with Crippen LogP contribution in [-0.4, -0.2) is 26.3 Å². The van der Waals surface area contributed by atoms with Gasteiger partial charge in [-0.25, -0.2) is 0 Å². The molecule has 1 aromatic carbocycles. The molecule has 2 heteroatoms. The number of nitrogens with one attached hydrogen (secondary N) is 1. The highest BCUT2D eigenvalue weighted by Gasteiger charge is 2.30. The van der Waals surface area contributed by atoms with Crippen LogP contribution in [0.3, 0.4) is 0 Å². The van der Waals surface area contributed by atoms with Crippen LogP contribution in [0.1, 0.15) is 17.5 Å². The molecule has 1 aliphatic heterocycles. The van der Waals surface area contributed by atoms with E-state index in [-0.39, 0.29) is 6.10 Å². The number of hydrogen-bond donors (Lipinski definition) is 1. The maximum atomic E-state index is 5.87. The second-order valence-electron chi connectivity index (χ2n) is 4.52. The summed E-state index contributed by atoms with van der Waals surface area (Å²) in [6, 6.07) is 8.73. The van der Waals surface area contributed by atoms with E-state index in [0.717, 1.165) is 26.0 Å². The summed E-state index contributed by atoms with van der Waals surface area (Å²) in [5, 5.41) is 3.22. The van der Waals surface area contributed by atoms with Crippen LogP contribution in [0.4, 0.5) is 0 Å². The normalized spacial score (nSPS) is 23.2. The molecule has 0 amide bonds. The molecule has 3 rings (SSSR count). The third kappa shape index (κ3) is 1.49. The summed E-state index contributed by atoms with van der Waals surface area (Å²) in [6.45, 7) is 1.78. The van der Waals surface area contributed by atoms with Gasteiger partial charge in [-0.1, -0.05) is 29.8 Å². The van der Waals surface area contributed by atoms with Gasteiger partial charge < -0.3 is 10.1 Å². The Morgan fingerprint density at radius 3 is 3.12 bits per heavy atom. The predicted molar refractivity (Wildman–Crippen MR) is 65.3 cm³/mol. The van der Waals surface area contributed by atoms with Crippen molar-refractivity contribution in [3.8, 4) is 0 Å². The molecule has 84 valence electrons. The van der Waals surface area contributed by atoms with Crippen molar-refractivity contribution in [1.82, 2.24) is 5.32 Å². The molecule has 1 heterocycles. The Balaban J connectivity index is 2.01. The molecule has 0 bridgehead atoms. The Morgan fingerprint density at radius 1 is 1.38 bits per heavy atom. The summed E-state index contributed by atoms with van der Waals surface area (Å²) in [4.78, 5) is 0. The lowest BCUT2D eigenvalue weighted by Crippen LogP contribution is -2.30. The highest BCUT2D eigenvalue weighted by Crippen LogP contribution is 2.39. The molecule has 0 aromatic heterocycles. The quantitative estimate of drug-likeness (QED) is 0.814. The number of benzene rings is 1. The Kier molecular flexibility index (Phi) is 2.54. The molecule has 1 N–H and O–H groups in total. The summed E-state index contributed by atoms with van der Waals surface area (Å²) >= 11 is 0. The Labute approximate surface area is 96.3 Å². The van der Waals surface area contributed by atoms with Gasteiger partial charge in [-0.2, -0.15) is 0 Å². The highest BCUT2D eigenvalue weighted by atomic mass is 16.5. The van der Waals surface area contributed by atoms with Gasteiger partial charge in [0, 0.05) is 6.54 Å². The van der Waals surface area contributed by atoms with E-state index in [1.54, 1.807) is 5.57 Å². The SMILES string of the molecule is CNCC1OCCC2=C1c1ccccc1C2. The van der Waals surface area contributed by atoms with Gasteiger partial charge in [-0.15, -0.1) is 0 Å². The fraction of sp³-hybridized carbons (Fsp3) is 0.429. The van der Waals surface area contributed by atoms with Crippen LogP contribution in [-0.2, 0) is 11.2 Å². The van der Waals surface area contributed by atoms with Gasteiger partial charge in [0.05, 0.1) is 12.7 Å². The molecule has 16 heavy (non-hydrogen) atoms. The fourth-order valence-corrected chi connectivity index (χ4v) is 2.83. The van der Waals surface area contributed by atoms with Crippen molar-refractivity contribution < 1.29 is 4.74 Å². The zero-order valence-electron chi connectivity index (χ0n) is 9.62. The van der Waals surface area contributed by atoms with Crippen molar-refractivity contribution in [1.29, 1.82) is 0 Å². The minimum Gasteiger partial charge on any atom is -0.372 e. The lowest BCUT2D eigenvalue weighted by molar-refractivity contribution is 0.0861. The third-order valence-electron chi connectivity index (χ3n) is 3.53. The van der Waals surface area contributed by atoms with E-state index in [0.29, 0.717) is 0 Å². The van der Waals surface area contributed by atoms with Crippen molar-refractivity contribution >= 4 is 5.57 Å². The van der Waals surface area contributed by atoms with Gasteiger partial charge in [0.25, 0.3) is 0 Å². The summed E-state index contributed by atoms with van der Waals surface area (Å²) in [6.07, 6.45) is 2.48. The molecule has 0 fully saturated rings. The molecule has 1 unspecified atom stereocenters. The Bertz CT molecular complexity index is 436. The smallest absolute Gasteiger partial charge is 0.0954 e. The fourth-order valence-electron chi connectivity index (χ4n) is 2.83. The number of fused-ring (bicyclic) bond motifs is 2. The van der Waals surface area contributed by atoms with Crippen molar-refractivity contribution in [2.45, 2.75) is 18.9 Å². The third-order valence-corrected chi connectivity index (χ3v) is 3.53. The molecule has 2 aliphatic rings. The van der Waals surface area contributed by atoms with Crippen molar-refractivity contribution in [2.24, 2.45) is 0 Å². The first-order valence-electron chi connectivity index (χ1n) is 5.96. The summed E-state index contributed by atoms with van der Waals surface area (Å²) in [5.41, 5.74) is 5.93. The van der Waals surface area contributed by atoms with Crippen molar-refractivity contribution in [2.75, 3.05) is 20.2 Å². The zero-order valence-corrected chi connectivity index (χ0v) is 9.62. The molecule has 2 nitrogen and oxygen atoms in total. The molecule has 0 radical (unpaired) electrons. The van der Waals surface area contributed by atoms with Gasteiger partial charge in [0.2, 0.25) is 0 Å². The van der Waals surface area contributed by atoms with E-state index < -0.39 is 0 Å². The van der Waals surface area contributed by atoms with Crippen molar-refractivity contribution in [3.63, 3.8) is 0 Å². The Hall–Kier alpha value is -1.12. The van der Waals surface area contributed by atoms with Crippen LogP contribution in [0.5, 0.6) is 0 Å². The van der Waals surface area contributed by atoms with Crippen LogP contribution < -0.4 is 5.32 Å². The molecule has 1 aliphatic carbocycles. The average molecular weight is 215 g/mol. The second kappa shape index (κ2) is 4.04. The maximum absolute atomic E-state index is 5.87.